The molecular formula is C19H25NO4. The van der Waals surface area contributed by atoms with Gasteiger partial charge in [0.2, 0.25) is 0 Å². The van der Waals surface area contributed by atoms with E-state index in [0.29, 0.717) is 19.6 Å². The molecule has 0 bridgehead atoms. The van der Waals surface area contributed by atoms with Crippen molar-refractivity contribution in [1.82, 2.24) is 4.90 Å². The Balaban J connectivity index is 1.90. The van der Waals surface area contributed by atoms with Crippen LogP contribution in [0.5, 0.6) is 5.75 Å². The molecule has 1 N–H and O–H groups in total. The number of carbonyl (C=O) groups is 1. The fraction of sp³-hybridized carbons (Fsp3) is 0.526. The molecule has 0 spiro atoms. The van der Waals surface area contributed by atoms with Crippen LogP contribution >= 0.6 is 0 Å². The van der Waals surface area contributed by atoms with Crippen molar-refractivity contribution in [3.8, 4) is 5.75 Å². The summed E-state index contributed by atoms with van der Waals surface area (Å²) in [5.41, 5.74) is 1.76. The normalized spacial score (nSPS) is 24.0. The zero-order valence-corrected chi connectivity index (χ0v) is 14.3. The van der Waals surface area contributed by atoms with E-state index in [-0.39, 0.29) is 11.9 Å². The van der Waals surface area contributed by atoms with Crippen LogP contribution in [0, 0.1) is 0 Å². The molecule has 1 aromatic carbocycles. The topological polar surface area (TPSA) is 59.0 Å². The highest BCUT2D eigenvalue weighted by atomic mass is 16.5. The van der Waals surface area contributed by atoms with Crippen molar-refractivity contribution >= 4 is 5.91 Å². The number of allylic oxidation sites excluding steroid dienone is 1. The Morgan fingerprint density at radius 2 is 2.29 bits per heavy atom. The average Bonchev–Trinajstić information content (AvgIpc) is 3.03. The Bertz CT molecular complexity index is 640. The molecule has 24 heavy (non-hydrogen) atoms. The number of nitrogens with zero attached hydrogens (tertiary/aromatic N) is 1. The largest absolute Gasteiger partial charge is 0.497 e. The van der Waals surface area contributed by atoms with Gasteiger partial charge in [0.1, 0.15) is 11.5 Å². The lowest BCUT2D eigenvalue weighted by molar-refractivity contribution is -0.129. The third-order valence-corrected chi connectivity index (χ3v) is 4.78. The third kappa shape index (κ3) is 3.26. The molecule has 0 unspecified atom stereocenters. The molecule has 1 saturated heterocycles. The maximum Gasteiger partial charge on any atom is 0.253 e. The highest BCUT2D eigenvalue weighted by molar-refractivity contribution is 5.94. The van der Waals surface area contributed by atoms with Crippen molar-refractivity contribution in [1.29, 1.82) is 0 Å². The summed E-state index contributed by atoms with van der Waals surface area (Å²) in [5.74, 6) is 1.56. The second-order valence-corrected chi connectivity index (χ2v) is 6.35. The molecule has 1 fully saturated rings. The van der Waals surface area contributed by atoms with Crippen LogP contribution in [-0.4, -0.2) is 42.3 Å². The van der Waals surface area contributed by atoms with E-state index in [1.807, 2.05) is 31.2 Å². The molecule has 0 aliphatic carbocycles. The summed E-state index contributed by atoms with van der Waals surface area (Å²) in [6.07, 6.45) is 2.39. The van der Waals surface area contributed by atoms with Crippen molar-refractivity contribution in [2.24, 2.45) is 0 Å². The number of hydrogen-bond acceptors (Lipinski definition) is 4. The van der Waals surface area contributed by atoms with Gasteiger partial charge < -0.3 is 19.5 Å². The molecule has 5 nitrogen and oxygen atoms in total. The number of ether oxygens (including phenoxy) is 2. The number of hydrogen-bond donors (Lipinski definition) is 1. The van der Waals surface area contributed by atoms with Crippen LogP contribution in [0.1, 0.15) is 44.2 Å². The quantitative estimate of drug-likeness (QED) is 0.922. The summed E-state index contributed by atoms with van der Waals surface area (Å²) in [5, 5.41) is 10.2. The Morgan fingerprint density at radius 1 is 1.46 bits per heavy atom. The summed E-state index contributed by atoms with van der Waals surface area (Å²) in [6.45, 7) is 3.05. The van der Waals surface area contributed by atoms with Gasteiger partial charge in [-0.25, -0.2) is 0 Å². The minimum Gasteiger partial charge on any atom is -0.497 e. The summed E-state index contributed by atoms with van der Waals surface area (Å²) in [6, 6.07) is 7.60. The molecule has 0 aromatic heterocycles. The number of methoxy groups -OCH3 is 1. The van der Waals surface area contributed by atoms with E-state index in [2.05, 4.69) is 0 Å². The van der Waals surface area contributed by atoms with E-state index in [4.69, 9.17) is 9.47 Å². The van der Waals surface area contributed by atoms with Crippen molar-refractivity contribution in [3.63, 3.8) is 0 Å². The number of likely N-dealkylation sites (tertiary alicyclic amines) is 1. The first-order valence-electron chi connectivity index (χ1n) is 8.61. The predicted molar refractivity (Wildman–Crippen MR) is 90.6 cm³/mol. The lowest BCUT2D eigenvalue weighted by Gasteiger charge is -2.29. The number of rotatable bonds is 4. The number of amides is 1. The Morgan fingerprint density at radius 3 is 3.04 bits per heavy atom. The Labute approximate surface area is 142 Å². The second kappa shape index (κ2) is 7.26. The van der Waals surface area contributed by atoms with Crippen LogP contribution in [0.4, 0.5) is 0 Å². The fourth-order valence-electron chi connectivity index (χ4n) is 3.59. The average molecular weight is 331 g/mol. The first-order chi connectivity index (χ1) is 11.6. The van der Waals surface area contributed by atoms with Gasteiger partial charge in [-0.3, -0.25) is 4.79 Å². The van der Waals surface area contributed by atoms with Gasteiger partial charge in [0.25, 0.3) is 5.91 Å². The van der Waals surface area contributed by atoms with Gasteiger partial charge in [0.15, 0.2) is 0 Å². The molecule has 1 aromatic rings. The standard InChI is InChI=1S/C19H25NO4/c1-3-18-16(8-5-9-24-18)19(22)20-12-14(21)11-17(20)13-6-4-7-15(10-13)23-2/h4,6-7,10,14,17,21H,3,5,8-9,11-12H2,1-2H3/t14-,17-/m0/s1. The van der Waals surface area contributed by atoms with E-state index >= 15 is 0 Å². The van der Waals surface area contributed by atoms with Crippen LogP contribution in [-0.2, 0) is 9.53 Å². The van der Waals surface area contributed by atoms with Crippen LogP contribution < -0.4 is 4.74 Å². The van der Waals surface area contributed by atoms with E-state index in [9.17, 15) is 9.90 Å². The SMILES string of the molecule is CCC1=C(C(=O)N2C[C@@H](O)C[C@H]2c2cccc(OC)c2)CCCO1. The Hall–Kier alpha value is -2.01. The van der Waals surface area contributed by atoms with Crippen LogP contribution in [0.15, 0.2) is 35.6 Å². The minimum atomic E-state index is -0.500. The van der Waals surface area contributed by atoms with Crippen LogP contribution in [0.2, 0.25) is 0 Å². The van der Waals surface area contributed by atoms with Gasteiger partial charge in [-0.1, -0.05) is 19.1 Å². The van der Waals surface area contributed by atoms with Gasteiger partial charge in [-0.15, -0.1) is 0 Å². The van der Waals surface area contributed by atoms with Crippen molar-refractivity contribution < 1.29 is 19.4 Å². The molecule has 2 aliphatic rings. The molecule has 2 heterocycles. The number of carbonyl (C=O) groups excluding carboxylic acids is 1. The van der Waals surface area contributed by atoms with Crippen LogP contribution in [0.25, 0.3) is 0 Å². The van der Waals surface area contributed by atoms with E-state index in [0.717, 1.165) is 41.9 Å². The number of aliphatic hydroxyl groups is 1. The molecule has 130 valence electrons. The minimum absolute atomic E-state index is 0.00378. The smallest absolute Gasteiger partial charge is 0.253 e. The fourth-order valence-corrected chi connectivity index (χ4v) is 3.59. The molecule has 1 amide bonds. The van der Waals surface area contributed by atoms with Crippen LogP contribution in [0.3, 0.4) is 0 Å². The summed E-state index contributed by atoms with van der Waals surface area (Å²) in [4.78, 5) is 14.9. The molecule has 2 atom stereocenters. The summed E-state index contributed by atoms with van der Waals surface area (Å²) >= 11 is 0. The van der Waals surface area contributed by atoms with E-state index in [1.54, 1.807) is 12.0 Å². The monoisotopic (exact) mass is 331 g/mol. The number of aliphatic hydroxyl groups excluding tert-OH is 1. The summed E-state index contributed by atoms with van der Waals surface area (Å²) in [7, 11) is 1.63. The molecule has 2 aliphatic heterocycles. The maximum atomic E-state index is 13.1. The summed E-state index contributed by atoms with van der Waals surface area (Å²) < 4.78 is 11.0. The molecule has 5 heteroatoms. The van der Waals surface area contributed by atoms with Gasteiger partial charge in [0.05, 0.1) is 31.4 Å². The first-order valence-corrected chi connectivity index (χ1v) is 8.61. The first kappa shape index (κ1) is 16.8. The molecule has 0 saturated carbocycles. The maximum absolute atomic E-state index is 13.1. The third-order valence-electron chi connectivity index (χ3n) is 4.78. The Kier molecular flexibility index (Phi) is 5.09. The predicted octanol–water partition coefficient (Wildman–Crippen LogP) is 2.80. The molecule has 0 radical (unpaired) electrons. The van der Waals surface area contributed by atoms with E-state index in [1.165, 1.54) is 0 Å². The number of β-amino-alcohol motifs (C(OH)–C–C–N with tert-alkyl or cyclic N) is 1. The molecule has 3 rings (SSSR count). The zero-order chi connectivity index (χ0) is 17.1. The van der Waals surface area contributed by atoms with Crippen molar-refractivity contribution in [2.75, 3.05) is 20.3 Å². The highest BCUT2D eigenvalue weighted by Gasteiger charge is 2.37. The second-order valence-electron chi connectivity index (χ2n) is 6.35. The van der Waals surface area contributed by atoms with Crippen molar-refractivity contribution in [3.05, 3.63) is 41.2 Å². The van der Waals surface area contributed by atoms with Gasteiger partial charge in [-0.05, 0) is 37.0 Å². The lowest BCUT2D eigenvalue weighted by Crippen LogP contribution is -2.34. The van der Waals surface area contributed by atoms with Gasteiger partial charge in [-0.2, -0.15) is 0 Å². The van der Waals surface area contributed by atoms with Crippen molar-refractivity contribution in [2.45, 2.75) is 44.8 Å². The lowest BCUT2D eigenvalue weighted by atomic mass is 10.0. The molecular weight excluding hydrogens is 306 g/mol. The number of benzene rings is 1. The van der Waals surface area contributed by atoms with Gasteiger partial charge in [0, 0.05) is 13.0 Å². The highest BCUT2D eigenvalue weighted by Crippen LogP contribution is 2.36. The van der Waals surface area contributed by atoms with Gasteiger partial charge >= 0.3 is 0 Å². The van der Waals surface area contributed by atoms with E-state index < -0.39 is 6.10 Å². The zero-order valence-electron chi connectivity index (χ0n) is 14.3.